The Labute approximate surface area is 117 Å². The van der Waals surface area contributed by atoms with Crippen LogP contribution in [0, 0.1) is 5.41 Å². The van der Waals surface area contributed by atoms with Crippen LogP contribution in [-0.4, -0.2) is 18.0 Å². The van der Waals surface area contributed by atoms with E-state index in [1.165, 1.54) is 24.1 Å². The summed E-state index contributed by atoms with van der Waals surface area (Å²) in [6, 6.07) is 8.67. The molecule has 104 valence electrons. The molecule has 19 heavy (non-hydrogen) atoms. The Morgan fingerprint density at radius 2 is 1.74 bits per heavy atom. The fourth-order valence-electron chi connectivity index (χ4n) is 2.57. The Balaban J connectivity index is 1.93. The number of hydrogen-bond donors (Lipinski definition) is 1. The lowest BCUT2D eigenvalue weighted by Crippen LogP contribution is -2.30. The third-order valence-corrected chi connectivity index (χ3v) is 3.92. The lowest BCUT2D eigenvalue weighted by atomic mass is 9.83. The molecule has 0 bridgehead atoms. The van der Waals surface area contributed by atoms with Crippen molar-refractivity contribution < 1.29 is 0 Å². The first-order valence-electron chi connectivity index (χ1n) is 7.19. The van der Waals surface area contributed by atoms with Gasteiger partial charge in [-0.3, -0.25) is 4.90 Å². The second kappa shape index (κ2) is 5.89. The highest BCUT2D eigenvalue weighted by Gasteiger charge is 2.21. The van der Waals surface area contributed by atoms with Crippen molar-refractivity contribution in [3.05, 3.63) is 47.0 Å². The molecule has 2 rings (SSSR count). The van der Waals surface area contributed by atoms with Crippen LogP contribution < -0.4 is 5.73 Å². The Bertz CT molecular complexity index is 437. The molecular formula is C17H26N2. The summed E-state index contributed by atoms with van der Waals surface area (Å²) in [6.45, 7) is 10.8. The van der Waals surface area contributed by atoms with Gasteiger partial charge in [0.25, 0.3) is 0 Å². The van der Waals surface area contributed by atoms with Gasteiger partial charge in [-0.25, -0.2) is 0 Å². The monoisotopic (exact) mass is 258 g/mol. The molecule has 0 saturated carbocycles. The molecule has 0 fully saturated rings. The van der Waals surface area contributed by atoms with Gasteiger partial charge in [0.1, 0.15) is 0 Å². The minimum atomic E-state index is 0.328. The van der Waals surface area contributed by atoms with E-state index in [-0.39, 0.29) is 0 Å². The van der Waals surface area contributed by atoms with Crippen LogP contribution in [0.3, 0.4) is 0 Å². The summed E-state index contributed by atoms with van der Waals surface area (Å²) in [4.78, 5) is 2.51. The summed E-state index contributed by atoms with van der Waals surface area (Å²) in [5.41, 5.74) is 10.1. The average Bonchev–Trinajstić information content (AvgIpc) is 2.39. The van der Waals surface area contributed by atoms with Gasteiger partial charge < -0.3 is 5.73 Å². The zero-order valence-electron chi connectivity index (χ0n) is 12.4. The van der Waals surface area contributed by atoms with Crippen LogP contribution in [0.4, 0.5) is 0 Å². The molecule has 2 N–H and O–H groups in total. The molecule has 0 amide bonds. The second-order valence-corrected chi connectivity index (χ2v) is 6.49. The SMILES string of the molecule is CC(C)(C)C1=CCN(Cc2ccc(CN)cc2)CC1. The summed E-state index contributed by atoms with van der Waals surface area (Å²) in [5.74, 6) is 0. The smallest absolute Gasteiger partial charge is 0.0237 e. The van der Waals surface area contributed by atoms with Crippen LogP contribution in [0.5, 0.6) is 0 Å². The van der Waals surface area contributed by atoms with Gasteiger partial charge >= 0.3 is 0 Å². The van der Waals surface area contributed by atoms with Crippen molar-refractivity contribution in [2.24, 2.45) is 11.1 Å². The molecule has 2 nitrogen and oxygen atoms in total. The topological polar surface area (TPSA) is 29.3 Å². The lowest BCUT2D eigenvalue weighted by molar-refractivity contribution is 0.271. The van der Waals surface area contributed by atoms with Crippen LogP contribution >= 0.6 is 0 Å². The van der Waals surface area contributed by atoms with Gasteiger partial charge in [-0.05, 0) is 23.0 Å². The van der Waals surface area contributed by atoms with Gasteiger partial charge in [0.2, 0.25) is 0 Å². The van der Waals surface area contributed by atoms with Gasteiger partial charge in [0, 0.05) is 26.2 Å². The van der Waals surface area contributed by atoms with Gasteiger partial charge in [-0.15, -0.1) is 0 Å². The summed E-state index contributed by atoms with van der Waals surface area (Å²) in [7, 11) is 0. The number of hydrogen-bond acceptors (Lipinski definition) is 2. The number of benzene rings is 1. The third-order valence-electron chi connectivity index (χ3n) is 3.92. The highest BCUT2D eigenvalue weighted by molar-refractivity contribution is 5.23. The summed E-state index contributed by atoms with van der Waals surface area (Å²) >= 11 is 0. The maximum Gasteiger partial charge on any atom is 0.0237 e. The number of rotatable bonds is 3. The molecule has 0 saturated heterocycles. The second-order valence-electron chi connectivity index (χ2n) is 6.49. The quantitative estimate of drug-likeness (QED) is 0.843. The Morgan fingerprint density at radius 3 is 2.21 bits per heavy atom. The van der Waals surface area contributed by atoms with Crippen molar-refractivity contribution >= 4 is 0 Å². The predicted octanol–water partition coefficient (Wildman–Crippen LogP) is 3.32. The van der Waals surface area contributed by atoms with E-state index in [0.29, 0.717) is 12.0 Å². The van der Waals surface area contributed by atoms with Crippen molar-refractivity contribution in [3.8, 4) is 0 Å². The highest BCUT2D eigenvalue weighted by atomic mass is 15.1. The molecule has 0 aliphatic carbocycles. The van der Waals surface area contributed by atoms with Crippen LogP contribution in [0.1, 0.15) is 38.3 Å². The van der Waals surface area contributed by atoms with E-state index in [4.69, 9.17) is 5.73 Å². The van der Waals surface area contributed by atoms with Crippen LogP contribution in [0.15, 0.2) is 35.9 Å². The Hall–Kier alpha value is -1.12. The molecule has 0 radical (unpaired) electrons. The normalized spacial score (nSPS) is 17.4. The molecular weight excluding hydrogens is 232 g/mol. The van der Waals surface area contributed by atoms with E-state index in [9.17, 15) is 0 Å². The maximum atomic E-state index is 5.62. The van der Waals surface area contributed by atoms with Crippen molar-refractivity contribution in [1.29, 1.82) is 0 Å². The Morgan fingerprint density at radius 1 is 1.11 bits per heavy atom. The molecule has 1 aromatic carbocycles. The van der Waals surface area contributed by atoms with Crippen molar-refractivity contribution in [3.63, 3.8) is 0 Å². The average molecular weight is 258 g/mol. The van der Waals surface area contributed by atoms with Crippen LogP contribution in [0.2, 0.25) is 0 Å². The van der Waals surface area contributed by atoms with Crippen molar-refractivity contribution in [1.82, 2.24) is 4.90 Å². The van der Waals surface area contributed by atoms with Crippen LogP contribution in [0.25, 0.3) is 0 Å². The maximum absolute atomic E-state index is 5.62. The van der Waals surface area contributed by atoms with E-state index in [1.807, 2.05) is 0 Å². The molecule has 0 unspecified atom stereocenters. The van der Waals surface area contributed by atoms with E-state index in [0.717, 1.165) is 13.1 Å². The number of nitrogens with two attached hydrogens (primary N) is 1. The fourth-order valence-corrected chi connectivity index (χ4v) is 2.57. The first-order valence-corrected chi connectivity index (χ1v) is 7.19. The Kier molecular flexibility index (Phi) is 4.43. The van der Waals surface area contributed by atoms with Gasteiger partial charge in [-0.1, -0.05) is 56.7 Å². The van der Waals surface area contributed by atoms with E-state index in [1.54, 1.807) is 5.57 Å². The molecule has 1 aromatic rings. The van der Waals surface area contributed by atoms with E-state index in [2.05, 4.69) is 56.0 Å². The van der Waals surface area contributed by atoms with Gasteiger partial charge in [0.05, 0.1) is 0 Å². The van der Waals surface area contributed by atoms with Crippen molar-refractivity contribution in [2.75, 3.05) is 13.1 Å². The zero-order chi connectivity index (χ0) is 13.9. The molecule has 1 aliphatic heterocycles. The number of nitrogens with zero attached hydrogens (tertiary/aromatic N) is 1. The minimum absolute atomic E-state index is 0.328. The van der Waals surface area contributed by atoms with Gasteiger partial charge in [-0.2, -0.15) is 0 Å². The molecule has 2 heteroatoms. The van der Waals surface area contributed by atoms with Gasteiger partial charge in [0.15, 0.2) is 0 Å². The van der Waals surface area contributed by atoms with E-state index < -0.39 is 0 Å². The van der Waals surface area contributed by atoms with E-state index >= 15 is 0 Å². The fraction of sp³-hybridized carbons (Fsp3) is 0.529. The standard InChI is InChI=1S/C17H26N2/c1-17(2,3)16-8-10-19(11-9-16)13-15-6-4-14(12-18)5-7-15/h4-8H,9-13,18H2,1-3H3. The lowest BCUT2D eigenvalue weighted by Gasteiger charge is -2.32. The first kappa shape index (κ1) is 14.3. The molecule has 0 spiro atoms. The summed E-state index contributed by atoms with van der Waals surface area (Å²) < 4.78 is 0. The van der Waals surface area contributed by atoms with Crippen LogP contribution in [-0.2, 0) is 13.1 Å². The summed E-state index contributed by atoms with van der Waals surface area (Å²) in [6.07, 6.45) is 3.61. The minimum Gasteiger partial charge on any atom is -0.326 e. The third kappa shape index (κ3) is 3.92. The first-order chi connectivity index (χ1) is 8.99. The van der Waals surface area contributed by atoms with Crippen molar-refractivity contribution in [2.45, 2.75) is 40.3 Å². The molecule has 0 aromatic heterocycles. The molecule has 1 aliphatic rings. The largest absolute Gasteiger partial charge is 0.326 e. The molecule has 0 atom stereocenters. The molecule has 1 heterocycles. The summed E-state index contributed by atoms with van der Waals surface area (Å²) in [5, 5.41) is 0. The zero-order valence-corrected chi connectivity index (χ0v) is 12.4. The predicted molar refractivity (Wildman–Crippen MR) is 81.8 cm³/mol. The highest BCUT2D eigenvalue weighted by Crippen LogP contribution is 2.30.